The smallest absolute Gasteiger partial charge is 0.335 e. The first-order valence-corrected chi connectivity index (χ1v) is 9.59. The van der Waals surface area contributed by atoms with Crippen molar-refractivity contribution in [3.8, 4) is 0 Å². The molecule has 1 heterocycles. The normalized spacial score (nSPS) is 15.6. The largest absolute Gasteiger partial charge is 0.478 e. The Kier molecular flexibility index (Phi) is 6.96. The molecule has 4 nitrogen and oxygen atoms in total. The van der Waals surface area contributed by atoms with Crippen LogP contribution in [0.15, 0.2) is 24.3 Å². The zero-order valence-corrected chi connectivity index (χ0v) is 14.5. The summed E-state index contributed by atoms with van der Waals surface area (Å²) in [6, 6.07) is 7.24. The number of hydrogen-bond acceptors (Lipinski definition) is 3. The molecule has 1 aliphatic rings. The van der Waals surface area contributed by atoms with Crippen LogP contribution in [0.3, 0.4) is 0 Å². The Morgan fingerprint density at radius 1 is 1.26 bits per heavy atom. The van der Waals surface area contributed by atoms with Crippen LogP contribution in [0.5, 0.6) is 0 Å². The van der Waals surface area contributed by atoms with E-state index >= 15 is 0 Å². The van der Waals surface area contributed by atoms with Crippen LogP contribution in [-0.2, 0) is 11.2 Å². The summed E-state index contributed by atoms with van der Waals surface area (Å²) < 4.78 is 0. The van der Waals surface area contributed by atoms with Gasteiger partial charge in [-0.3, -0.25) is 4.79 Å². The van der Waals surface area contributed by atoms with Gasteiger partial charge in [0, 0.05) is 19.5 Å². The molecule has 0 saturated carbocycles. The second-order valence-electron chi connectivity index (χ2n) is 6.09. The molecule has 0 aromatic heterocycles. The molecule has 1 aromatic rings. The Balaban J connectivity index is 1.83. The second kappa shape index (κ2) is 8.96. The van der Waals surface area contributed by atoms with Gasteiger partial charge in [-0.2, -0.15) is 11.8 Å². The van der Waals surface area contributed by atoms with E-state index in [2.05, 4.69) is 6.26 Å². The summed E-state index contributed by atoms with van der Waals surface area (Å²) >= 11 is 1.78. The maximum atomic E-state index is 12.1. The third kappa shape index (κ3) is 5.27. The molecule has 23 heavy (non-hydrogen) atoms. The minimum atomic E-state index is -0.859. The first kappa shape index (κ1) is 17.9. The molecular weight excluding hydrogens is 310 g/mol. The number of amides is 1. The Morgan fingerprint density at radius 3 is 2.61 bits per heavy atom. The minimum absolute atomic E-state index is 0.267. The van der Waals surface area contributed by atoms with Crippen molar-refractivity contribution in [3.63, 3.8) is 0 Å². The van der Waals surface area contributed by atoms with Gasteiger partial charge in [0.15, 0.2) is 0 Å². The van der Waals surface area contributed by atoms with Gasteiger partial charge in [0.25, 0.3) is 0 Å². The molecule has 1 aliphatic heterocycles. The zero-order valence-electron chi connectivity index (χ0n) is 13.7. The number of carboxylic acids is 1. The first-order chi connectivity index (χ1) is 11.1. The standard InChI is InChI=1S/C18H25NO3S/c1-23-12-4-7-17(20)19-10-8-14(9-11-19)13-15-5-2-3-6-16(15)18(21)22/h2-3,5-6,14H,4,7-13H2,1H3,(H,21,22). The lowest BCUT2D eigenvalue weighted by Gasteiger charge is -2.32. The second-order valence-corrected chi connectivity index (χ2v) is 7.07. The molecular formula is C18H25NO3S. The lowest BCUT2D eigenvalue weighted by atomic mass is 9.88. The van der Waals surface area contributed by atoms with Crippen LogP contribution in [0, 0.1) is 5.92 Å². The molecule has 0 radical (unpaired) electrons. The fourth-order valence-corrected chi connectivity index (χ4v) is 3.56. The van der Waals surface area contributed by atoms with E-state index in [9.17, 15) is 14.7 Å². The number of carboxylic acid groups (broad SMARTS) is 1. The summed E-state index contributed by atoms with van der Waals surface area (Å²) in [7, 11) is 0. The van der Waals surface area contributed by atoms with Gasteiger partial charge in [-0.05, 0) is 55.2 Å². The molecule has 2 rings (SSSR count). The van der Waals surface area contributed by atoms with E-state index < -0.39 is 5.97 Å². The maximum absolute atomic E-state index is 12.1. The number of nitrogens with zero attached hydrogens (tertiary/aromatic N) is 1. The van der Waals surface area contributed by atoms with E-state index in [-0.39, 0.29) is 5.91 Å². The van der Waals surface area contributed by atoms with E-state index in [0.717, 1.165) is 50.1 Å². The summed E-state index contributed by atoms with van der Waals surface area (Å²) in [5.74, 6) is 0.907. The van der Waals surface area contributed by atoms with Crippen molar-refractivity contribution in [2.75, 3.05) is 25.1 Å². The van der Waals surface area contributed by atoms with Gasteiger partial charge in [-0.25, -0.2) is 4.79 Å². The summed E-state index contributed by atoms with van der Waals surface area (Å²) in [5.41, 5.74) is 1.31. The summed E-state index contributed by atoms with van der Waals surface area (Å²) in [5, 5.41) is 9.26. The summed E-state index contributed by atoms with van der Waals surface area (Å²) in [6.45, 7) is 1.61. The number of rotatable bonds is 7. The highest BCUT2D eigenvalue weighted by atomic mass is 32.2. The molecule has 126 valence electrons. The van der Waals surface area contributed by atoms with E-state index in [4.69, 9.17) is 0 Å². The van der Waals surface area contributed by atoms with Crippen molar-refractivity contribution in [2.45, 2.75) is 32.1 Å². The number of benzene rings is 1. The van der Waals surface area contributed by atoms with Crippen LogP contribution >= 0.6 is 11.8 Å². The molecule has 1 saturated heterocycles. The topological polar surface area (TPSA) is 57.6 Å². The Labute approximate surface area is 142 Å². The van der Waals surface area contributed by atoms with Crippen molar-refractivity contribution in [2.24, 2.45) is 5.92 Å². The summed E-state index contributed by atoms with van der Waals surface area (Å²) in [4.78, 5) is 25.4. The molecule has 0 aliphatic carbocycles. The number of carbonyl (C=O) groups is 2. The average molecular weight is 335 g/mol. The third-order valence-corrected chi connectivity index (χ3v) is 5.16. The number of hydrogen-bond donors (Lipinski definition) is 1. The minimum Gasteiger partial charge on any atom is -0.478 e. The van der Waals surface area contributed by atoms with Crippen LogP contribution in [-0.4, -0.2) is 47.0 Å². The fourth-order valence-electron chi connectivity index (χ4n) is 3.13. The number of carbonyl (C=O) groups excluding carboxylic acids is 1. The van der Waals surface area contributed by atoms with Crippen LogP contribution < -0.4 is 0 Å². The molecule has 0 unspecified atom stereocenters. The zero-order chi connectivity index (χ0) is 16.7. The molecule has 1 amide bonds. The van der Waals surface area contributed by atoms with E-state index in [1.807, 2.05) is 17.0 Å². The maximum Gasteiger partial charge on any atom is 0.335 e. The SMILES string of the molecule is CSCCCC(=O)N1CCC(Cc2ccccc2C(=O)O)CC1. The van der Waals surface area contributed by atoms with Gasteiger partial charge in [-0.1, -0.05) is 18.2 Å². The number of thioether (sulfide) groups is 1. The quantitative estimate of drug-likeness (QED) is 0.777. The van der Waals surface area contributed by atoms with Crippen LogP contribution in [0.1, 0.15) is 41.6 Å². The van der Waals surface area contributed by atoms with Crippen molar-refractivity contribution in [3.05, 3.63) is 35.4 Å². The molecule has 5 heteroatoms. The highest BCUT2D eigenvalue weighted by molar-refractivity contribution is 7.98. The van der Waals surface area contributed by atoms with E-state index in [0.29, 0.717) is 17.9 Å². The number of likely N-dealkylation sites (tertiary alicyclic amines) is 1. The number of piperidine rings is 1. The van der Waals surface area contributed by atoms with Crippen LogP contribution in [0.25, 0.3) is 0 Å². The van der Waals surface area contributed by atoms with E-state index in [1.165, 1.54) is 0 Å². The summed E-state index contributed by atoms with van der Waals surface area (Å²) in [6.07, 6.45) is 6.37. The van der Waals surface area contributed by atoms with Gasteiger partial charge in [0.2, 0.25) is 5.91 Å². The van der Waals surface area contributed by atoms with E-state index in [1.54, 1.807) is 23.9 Å². The monoisotopic (exact) mass is 335 g/mol. The van der Waals surface area contributed by atoms with Crippen molar-refractivity contribution in [1.82, 2.24) is 4.90 Å². The van der Waals surface area contributed by atoms with Gasteiger partial charge in [-0.15, -0.1) is 0 Å². The molecule has 1 aromatic carbocycles. The Morgan fingerprint density at radius 2 is 1.96 bits per heavy atom. The molecule has 1 fully saturated rings. The highest BCUT2D eigenvalue weighted by Gasteiger charge is 2.23. The van der Waals surface area contributed by atoms with Crippen molar-refractivity contribution >= 4 is 23.6 Å². The molecule has 1 N–H and O–H groups in total. The third-order valence-electron chi connectivity index (χ3n) is 4.46. The predicted molar refractivity (Wildman–Crippen MR) is 94.0 cm³/mol. The molecule has 0 spiro atoms. The Bertz CT molecular complexity index is 539. The van der Waals surface area contributed by atoms with Gasteiger partial charge < -0.3 is 10.0 Å². The lowest BCUT2D eigenvalue weighted by molar-refractivity contribution is -0.132. The van der Waals surface area contributed by atoms with Crippen LogP contribution in [0.2, 0.25) is 0 Å². The molecule has 0 bridgehead atoms. The van der Waals surface area contributed by atoms with Gasteiger partial charge in [0.05, 0.1) is 5.56 Å². The lowest BCUT2D eigenvalue weighted by Crippen LogP contribution is -2.38. The van der Waals surface area contributed by atoms with Crippen LogP contribution in [0.4, 0.5) is 0 Å². The Hall–Kier alpha value is -1.49. The van der Waals surface area contributed by atoms with Gasteiger partial charge in [0.1, 0.15) is 0 Å². The first-order valence-electron chi connectivity index (χ1n) is 8.19. The highest BCUT2D eigenvalue weighted by Crippen LogP contribution is 2.24. The average Bonchev–Trinajstić information content (AvgIpc) is 2.56. The van der Waals surface area contributed by atoms with Crippen molar-refractivity contribution in [1.29, 1.82) is 0 Å². The fraction of sp³-hybridized carbons (Fsp3) is 0.556. The number of aromatic carboxylic acids is 1. The molecule has 0 atom stereocenters. The predicted octanol–water partition coefficient (Wildman–Crippen LogP) is 3.31. The van der Waals surface area contributed by atoms with Crippen molar-refractivity contribution < 1.29 is 14.7 Å². The van der Waals surface area contributed by atoms with Gasteiger partial charge >= 0.3 is 5.97 Å².